The van der Waals surface area contributed by atoms with Gasteiger partial charge in [-0.1, -0.05) is 0 Å². The molecular weight excluding hydrogens is 238 g/mol. The van der Waals surface area contributed by atoms with E-state index in [1.54, 1.807) is 18.3 Å². The van der Waals surface area contributed by atoms with Crippen molar-refractivity contribution in [2.45, 2.75) is 19.9 Å². The molecule has 0 amide bonds. The number of pyridine rings is 1. The summed E-state index contributed by atoms with van der Waals surface area (Å²) in [5.74, 6) is -0.463. The predicted molar refractivity (Wildman–Crippen MR) is 62.9 cm³/mol. The lowest BCUT2D eigenvalue weighted by Gasteiger charge is -2.02. The van der Waals surface area contributed by atoms with Crippen LogP contribution in [-0.4, -0.2) is 31.9 Å². The van der Waals surface area contributed by atoms with Gasteiger partial charge in [-0.05, 0) is 19.1 Å². The number of carboxylic acid groups (broad SMARTS) is 1. The van der Waals surface area contributed by atoms with Gasteiger partial charge in [0.2, 0.25) is 5.65 Å². The number of hydrogen-bond acceptors (Lipinski definition) is 4. The van der Waals surface area contributed by atoms with Crippen molar-refractivity contribution in [3.63, 3.8) is 0 Å². The molecule has 0 aliphatic carbocycles. The molecule has 0 saturated heterocycles. The molecule has 0 unspecified atom stereocenters. The van der Waals surface area contributed by atoms with Crippen LogP contribution in [-0.2, 0) is 11.3 Å². The van der Waals surface area contributed by atoms with Gasteiger partial charge < -0.3 is 9.84 Å². The Hall–Kier alpha value is -2.31. The van der Waals surface area contributed by atoms with E-state index in [-0.39, 0.29) is 18.7 Å². The van der Waals surface area contributed by atoms with Gasteiger partial charge >= 0.3 is 11.7 Å². The second kappa shape index (κ2) is 4.91. The third-order valence-electron chi connectivity index (χ3n) is 2.41. The molecule has 7 heteroatoms. The fraction of sp³-hybridized carbons (Fsp3) is 0.364. The number of aryl methyl sites for hydroxylation is 1. The Kier molecular flexibility index (Phi) is 3.31. The van der Waals surface area contributed by atoms with Gasteiger partial charge in [0.15, 0.2) is 5.75 Å². The smallest absolute Gasteiger partial charge is 0.350 e. The Bertz CT molecular complexity index is 629. The number of aliphatic carboxylic acids is 1. The summed E-state index contributed by atoms with van der Waals surface area (Å²) in [6.07, 6.45) is 1.43. The standard InChI is InChI=1S/C11H13N3O4/c1-2-18-8-4-3-6-13-10(8)12-14(11(13)17)7-5-9(15)16/h3-4,6H,2,5,7H2,1H3,(H,15,16). The molecule has 0 aliphatic heterocycles. The van der Waals surface area contributed by atoms with E-state index >= 15 is 0 Å². The van der Waals surface area contributed by atoms with E-state index in [2.05, 4.69) is 5.10 Å². The summed E-state index contributed by atoms with van der Waals surface area (Å²) in [6, 6.07) is 3.40. The fourth-order valence-corrected chi connectivity index (χ4v) is 1.63. The summed E-state index contributed by atoms with van der Waals surface area (Å²) in [5.41, 5.74) is 0.0301. The van der Waals surface area contributed by atoms with Crippen molar-refractivity contribution in [2.24, 2.45) is 0 Å². The third kappa shape index (κ3) is 2.20. The topological polar surface area (TPSA) is 85.8 Å². The van der Waals surface area contributed by atoms with Gasteiger partial charge in [-0.15, -0.1) is 5.10 Å². The second-order valence-electron chi connectivity index (χ2n) is 3.65. The highest BCUT2D eigenvalue weighted by Crippen LogP contribution is 2.15. The number of rotatable bonds is 5. The Morgan fingerprint density at radius 3 is 3.00 bits per heavy atom. The van der Waals surface area contributed by atoms with Crippen LogP contribution in [0.25, 0.3) is 5.65 Å². The molecule has 96 valence electrons. The minimum absolute atomic E-state index is 0.0431. The van der Waals surface area contributed by atoms with E-state index in [0.717, 1.165) is 4.68 Å². The molecule has 7 nitrogen and oxygen atoms in total. The first-order valence-corrected chi connectivity index (χ1v) is 5.56. The van der Waals surface area contributed by atoms with Crippen molar-refractivity contribution >= 4 is 11.6 Å². The van der Waals surface area contributed by atoms with Gasteiger partial charge in [-0.2, -0.15) is 0 Å². The lowest BCUT2D eigenvalue weighted by molar-refractivity contribution is -0.137. The number of carboxylic acids is 1. The van der Waals surface area contributed by atoms with E-state index in [4.69, 9.17) is 9.84 Å². The van der Waals surface area contributed by atoms with Crippen LogP contribution in [0, 0.1) is 0 Å². The van der Waals surface area contributed by atoms with Crippen LogP contribution in [0.1, 0.15) is 13.3 Å². The quantitative estimate of drug-likeness (QED) is 0.829. The number of fused-ring (bicyclic) bond motifs is 1. The van der Waals surface area contributed by atoms with Crippen molar-refractivity contribution in [3.05, 3.63) is 28.8 Å². The molecule has 1 N–H and O–H groups in total. The van der Waals surface area contributed by atoms with Gasteiger partial charge in [0.1, 0.15) is 0 Å². The predicted octanol–water partition coefficient (Wildman–Crippen LogP) is 0.369. The Labute approximate surface area is 102 Å². The van der Waals surface area contributed by atoms with Crippen LogP contribution in [0.5, 0.6) is 5.75 Å². The first-order valence-electron chi connectivity index (χ1n) is 5.56. The zero-order valence-electron chi connectivity index (χ0n) is 9.87. The number of hydrogen-bond donors (Lipinski definition) is 1. The Morgan fingerprint density at radius 1 is 1.56 bits per heavy atom. The molecule has 0 bridgehead atoms. The minimum atomic E-state index is -0.969. The van der Waals surface area contributed by atoms with E-state index < -0.39 is 5.97 Å². The van der Waals surface area contributed by atoms with Crippen LogP contribution in [0.4, 0.5) is 0 Å². The Balaban J connectivity index is 2.45. The van der Waals surface area contributed by atoms with Crippen LogP contribution in [0.15, 0.2) is 23.1 Å². The highest BCUT2D eigenvalue weighted by atomic mass is 16.5. The molecule has 0 radical (unpaired) electrons. The molecule has 0 spiro atoms. The maximum absolute atomic E-state index is 11.9. The van der Waals surface area contributed by atoms with Crippen LogP contribution in [0.2, 0.25) is 0 Å². The summed E-state index contributed by atoms with van der Waals surface area (Å²) in [4.78, 5) is 22.4. The summed E-state index contributed by atoms with van der Waals surface area (Å²) < 4.78 is 7.83. The molecule has 0 atom stereocenters. The molecule has 2 heterocycles. The van der Waals surface area contributed by atoms with Gasteiger partial charge in [0.25, 0.3) is 0 Å². The van der Waals surface area contributed by atoms with Crippen molar-refractivity contribution in [3.8, 4) is 5.75 Å². The molecular formula is C11H13N3O4. The summed E-state index contributed by atoms with van der Waals surface area (Å²) in [6.45, 7) is 2.35. The monoisotopic (exact) mass is 251 g/mol. The Morgan fingerprint density at radius 2 is 2.33 bits per heavy atom. The molecule has 0 fully saturated rings. The molecule has 0 aliphatic rings. The average Bonchev–Trinajstić information content (AvgIpc) is 2.66. The van der Waals surface area contributed by atoms with Gasteiger partial charge in [0.05, 0.1) is 19.6 Å². The highest BCUT2D eigenvalue weighted by Gasteiger charge is 2.11. The van der Waals surface area contributed by atoms with Gasteiger partial charge in [-0.25, -0.2) is 13.9 Å². The third-order valence-corrected chi connectivity index (χ3v) is 2.41. The average molecular weight is 251 g/mol. The number of ether oxygens (including phenoxy) is 1. The zero-order valence-corrected chi connectivity index (χ0v) is 9.87. The van der Waals surface area contributed by atoms with Crippen molar-refractivity contribution in [2.75, 3.05) is 6.61 Å². The van der Waals surface area contributed by atoms with E-state index in [0.29, 0.717) is 18.0 Å². The van der Waals surface area contributed by atoms with Crippen LogP contribution < -0.4 is 10.4 Å². The SMILES string of the molecule is CCOc1cccn2c(=O)n(CCC(=O)O)nc12. The van der Waals surface area contributed by atoms with Crippen LogP contribution in [0.3, 0.4) is 0 Å². The summed E-state index contributed by atoms with van der Waals surface area (Å²) in [7, 11) is 0. The summed E-state index contributed by atoms with van der Waals surface area (Å²) in [5, 5.41) is 12.7. The molecule has 18 heavy (non-hydrogen) atoms. The van der Waals surface area contributed by atoms with Crippen molar-refractivity contribution in [1.82, 2.24) is 14.2 Å². The molecule has 0 aromatic carbocycles. The van der Waals surface area contributed by atoms with E-state index in [9.17, 15) is 9.59 Å². The lowest BCUT2D eigenvalue weighted by atomic mass is 10.4. The highest BCUT2D eigenvalue weighted by molar-refractivity contribution is 5.66. The second-order valence-corrected chi connectivity index (χ2v) is 3.65. The van der Waals surface area contributed by atoms with Crippen molar-refractivity contribution in [1.29, 1.82) is 0 Å². The van der Waals surface area contributed by atoms with Crippen LogP contribution >= 0.6 is 0 Å². The lowest BCUT2D eigenvalue weighted by Crippen LogP contribution is -2.22. The summed E-state index contributed by atoms with van der Waals surface area (Å²) >= 11 is 0. The first-order chi connectivity index (χ1) is 8.63. The maximum Gasteiger partial charge on any atom is 0.350 e. The molecule has 2 aromatic heterocycles. The fourth-order valence-electron chi connectivity index (χ4n) is 1.63. The number of carbonyl (C=O) groups is 1. The number of aromatic nitrogens is 3. The molecule has 0 saturated carbocycles. The first kappa shape index (κ1) is 12.2. The largest absolute Gasteiger partial charge is 0.490 e. The van der Waals surface area contributed by atoms with Gasteiger partial charge in [0, 0.05) is 6.20 Å². The van der Waals surface area contributed by atoms with Gasteiger partial charge in [-0.3, -0.25) is 4.79 Å². The van der Waals surface area contributed by atoms with Crippen molar-refractivity contribution < 1.29 is 14.6 Å². The minimum Gasteiger partial charge on any atom is -0.490 e. The normalized spacial score (nSPS) is 10.7. The molecule has 2 aromatic rings. The maximum atomic E-state index is 11.9. The molecule has 2 rings (SSSR count). The zero-order chi connectivity index (χ0) is 13.1. The van der Waals surface area contributed by atoms with E-state index in [1.807, 2.05) is 6.92 Å². The van der Waals surface area contributed by atoms with E-state index in [1.165, 1.54) is 4.40 Å². The number of nitrogens with zero attached hydrogens (tertiary/aromatic N) is 3.